The van der Waals surface area contributed by atoms with E-state index in [0.29, 0.717) is 11.3 Å². The monoisotopic (exact) mass is 264 g/mol. The topological polar surface area (TPSA) is 45.0 Å². The third-order valence-corrected chi connectivity index (χ3v) is 3.36. The van der Waals surface area contributed by atoms with Gasteiger partial charge in [0.2, 0.25) is 0 Å². The molecule has 0 saturated heterocycles. The fraction of sp³-hybridized carbons (Fsp3) is 0.500. The number of benzene rings is 1. The highest BCUT2D eigenvalue weighted by Gasteiger charge is 2.03. The summed E-state index contributed by atoms with van der Waals surface area (Å²) in [5.74, 6) is 1.88. The number of thioether (sulfide) groups is 1. The van der Waals surface area contributed by atoms with Crippen molar-refractivity contribution in [3.8, 4) is 11.8 Å². The van der Waals surface area contributed by atoms with Crippen molar-refractivity contribution in [2.75, 3.05) is 25.7 Å². The van der Waals surface area contributed by atoms with Gasteiger partial charge in [-0.2, -0.15) is 17.0 Å². The smallest absolute Gasteiger partial charge is 0.136 e. The van der Waals surface area contributed by atoms with Gasteiger partial charge < -0.3 is 10.1 Å². The maximum Gasteiger partial charge on any atom is 0.136 e. The van der Waals surface area contributed by atoms with Gasteiger partial charge in [-0.25, -0.2) is 0 Å². The molecule has 1 aromatic rings. The molecule has 0 aliphatic rings. The molecule has 3 nitrogen and oxygen atoms in total. The molecule has 18 heavy (non-hydrogen) atoms. The average molecular weight is 264 g/mol. The Labute approximate surface area is 114 Å². The summed E-state index contributed by atoms with van der Waals surface area (Å²) in [6.45, 7) is 1.85. The standard InChI is InChI=1S/C14H20N2OS/c1-17-14-9-12(5-6-13(14)10-15)11-16-7-3-4-8-18-2/h5-6,9,16H,3-4,7-8,11H2,1-2H3. The first-order valence-corrected chi connectivity index (χ1v) is 7.48. The molecule has 1 rings (SSSR count). The highest BCUT2D eigenvalue weighted by Crippen LogP contribution is 2.19. The molecule has 98 valence electrons. The highest BCUT2D eigenvalue weighted by atomic mass is 32.2. The third-order valence-electron chi connectivity index (χ3n) is 2.67. The summed E-state index contributed by atoms with van der Waals surface area (Å²) in [7, 11) is 1.59. The van der Waals surface area contributed by atoms with E-state index in [1.165, 1.54) is 18.6 Å². The van der Waals surface area contributed by atoms with Gasteiger partial charge in [-0.3, -0.25) is 0 Å². The molecule has 0 saturated carbocycles. The number of methoxy groups -OCH3 is 1. The van der Waals surface area contributed by atoms with Crippen molar-refractivity contribution >= 4 is 11.8 Å². The first-order valence-electron chi connectivity index (χ1n) is 6.08. The molecule has 1 aromatic carbocycles. The molecule has 0 bridgehead atoms. The molecule has 0 fully saturated rings. The normalized spacial score (nSPS) is 10.1. The number of hydrogen-bond donors (Lipinski definition) is 1. The van der Waals surface area contributed by atoms with Gasteiger partial charge in [0.05, 0.1) is 12.7 Å². The van der Waals surface area contributed by atoms with E-state index < -0.39 is 0 Å². The van der Waals surface area contributed by atoms with Crippen molar-refractivity contribution in [2.24, 2.45) is 0 Å². The molecule has 0 unspecified atom stereocenters. The maximum atomic E-state index is 8.89. The number of hydrogen-bond acceptors (Lipinski definition) is 4. The first-order chi connectivity index (χ1) is 8.81. The number of unbranched alkanes of at least 4 members (excludes halogenated alkanes) is 1. The van der Waals surface area contributed by atoms with Crippen molar-refractivity contribution in [1.82, 2.24) is 5.32 Å². The molecule has 0 aliphatic carbocycles. The van der Waals surface area contributed by atoms with Crippen LogP contribution in [0.1, 0.15) is 24.0 Å². The lowest BCUT2D eigenvalue weighted by Gasteiger charge is -2.07. The lowest BCUT2D eigenvalue weighted by atomic mass is 10.1. The van der Waals surface area contributed by atoms with Crippen LogP contribution in [0.25, 0.3) is 0 Å². The van der Waals surface area contributed by atoms with Crippen LogP contribution in [-0.4, -0.2) is 25.7 Å². The Hall–Kier alpha value is -1.18. The van der Waals surface area contributed by atoms with E-state index in [4.69, 9.17) is 10.00 Å². The molecule has 0 aromatic heterocycles. The first kappa shape index (κ1) is 14.9. The Bertz CT molecular complexity index is 401. The Balaban J connectivity index is 2.37. The minimum atomic E-state index is 0.584. The molecular formula is C14H20N2OS. The van der Waals surface area contributed by atoms with Crippen LogP contribution in [-0.2, 0) is 6.54 Å². The zero-order valence-corrected chi connectivity index (χ0v) is 11.8. The molecule has 0 heterocycles. The number of nitrogens with one attached hydrogen (secondary N) is 1. The molecule has 0 radical (unpaired) electrons. The van der Waals surface area contributed by atoms with E-state index in [0.717, 1.165) is 18.7 Å². The summed E-state index contributed by atoms with van der Waals surface area (Å²) in [4.78, 5) is 0. The summed E-state index contributed by atoms with van der Waals surface area (Å²) in [6, 6.07) is 7.82. The van der Waals surface area contributed by atoms with Gasteiger partial charge in [0.25, 0.3) is 0 Å². The van der Waals surface area contributed by atoms with E-state index in [9.17, 15) is 0 Å². The van der Waals surface area contributed by atoms with Crippen LogP contribution < -0.4 is 10.1 Å². The second-order valence-electron chi connectivity index (χ2n) is 4.02. The van der Waals surface area contributed by atoms with Gasteiger partial charge in [0, 0.05) is 6.54 Å². The van der Waals surface area contributed by atoms with Crippen molar-refractivity contribution < 1.29 is 4.74 Å². The molecule has 1 N–H and O–H groups in total. The van der Waals surface area contributed by atoms with Crippen LogP contribution in [0.4, 0.5) is 0 Å². The van der Waals surface area contributed by atoms with Crippen LogP contribution in [0.5, 0.6) is 5.75 Å². The zero-order chi connectivity index (χ0) is 13.2. The second kappa shape index (κ2) is 8.84. The molecule has 4 heteroatoms. The summed E-state index contributed by atoms with van der Waals surface area (Å²) in [6.07, 6.45) is 4.59. The van der Waals surface area contributed by atoms with Crippen molar-refractivity contribution in [3.05, 3.63) is 29.3 Å². The van der Waals surface area contributed by atoms with Crippen LogP contribution in [0.2, 0.25) is 0 Å². The Morgan fingerprint density at radius 2 is 2.22 bits per heavy atom. The molecular weight excluding hydrogens is 244 g/mol. The van der Waals surface area contributed by atoms with E-state index >= 15 is 0 Å². The fourth-order valence-electron chi connectivity index (χ4n) is 1.67. The Kier molecular flexibility index (Phi) is 7.31. The van der Waals surface area contributed by atoms with Crippen molar-refractivity contribution in [2.45, 2.75) is 19.4 Å². The summed E-state index contributed by atoms with van der Waals surface area (Å²) >= 11 is 1.89. The Morgan fingerprint density at radius 3 is 2.89 bits per heavy atom. The molecule has 0 aliphatic heterocycles. The summed E-state index contributed by atoms with van der Waals surface area (Å²) in [5.41, 5.74) is 1.73. The predicted molar refractivity (Wildman–Crippen MR) is 77.0 cm³/mol. The summed E-state index contributed by atoms with van der Waals surface area (Å²) in [5, 5.41) is 12.3. The van der Waals surface area contributed by atoms with Crippen LogP contribution in [0, 0.1) is 11.3 Å². The third kappa shape index (κ3) is 4.99. The minimum Gasteiger partial charge on any atom is -0.495 e. The SMILES string of the molecule is COc1cc(CNCCCCSC)ccc1C#N. The lowest BCUT2D eigenvalue weighted by Crippen LogP contribution is -2.14. The van der Waals surface area contributed by atoms with Crippen molar-refractivity contribution in [3.63, 3.8) is 0 Å². The number of nitrogens with zero attached hydrogens (tertiary/aromatic N) is 1. The van der Waals surface area contributed by atoms with Gasteiger partial charge in [-0.05, 0) is 49.1 Å². The van der Waals surface area contributed by atoms with E-state index in [-0.39, 0.29) is 0 Å². The fourth-order valence-corrected chi connectivity index (χ4v) is 2.16. The maximum absolute atomic E-state index is 8.89. The van der Waals surface area contributed by atoms with Gasteiger partial charge in [-0.1, -0.05) is 6.07 Å². The predicted octanol–water partition coefficient (Wildman–Crippen LogP) is 2.80. The van der Waals surface area contributed by atoms with E-state index in [1.807, 2.05) is 30.0 Å². The molecule has 0 amide bonds. The molecule has 0 atom stereocenters. The largest absolute Gasteiger partial charge is 0.495 e. The van der Waals surface area contributed by atoms with E-state index in [1.54, 1.807) is 7.11 Å². The van der Waals surface area contributed by atoms with Crippen LogP contribution >= 0.6 is 11.8 Å². The zero-order valence-electron chi connectivity index (χ0n) is 11.0. The highest BCUT2D eigenvalue weighted by molar-refractivity contribution is 7.98. The van der Waals surface area contributed by atoms with Gasteiger partial charge >= 0.3 is 0 Å². The quantitative estimate of drug-likeness (QED) is 0.733. The number of rotatable bonds is 8. The second-order valence-corrected chi connectivity index (χ2v) is 5.01. The van der Waals surface area contributed by atoms with E-state index in [2.05, 4.69) is 17.6 Å². The van der Waals surface area contributed by atoms with Crippen LogP contribution in [0.3, 0.4) is 0 Å². The van der Waals surface area contributed by atoms with Crippen LogP contribution in [0.15, 0.2) is 18.2 Å². The molecule has 0 spiro atoms. The van der Waals surface area contributed by atoms with Crippen molar-refractivity contribution in [1.29, 1.82) is 5.26 Å². The van der Waals surface area contributed by atoms with Gasteiger partial charge in [0.15, 0.2) is 0 Å². The average Bonchev–Trinajstić information content (AvgIpc) is 2.42. The number of ether oxygens (including phenoxy) is 1. The number of nitriles is 1. The van der Waals surface area contributed by atoms with Gasteiger partial charge in [-0.15, -0.1) is 0 Å². The Morgan fingerprint density at radius 1 is 1.39 bits per heavy atom. The lowest BCUT2D eigenvalue weighted by molar-refractivity contribution is 0.412. The minimum absolute atomic E-state index is 0.584. The van der Waals surface area contributed by atoms with Gasteiger partial charge in [0.1, 0.15) is 11.8 Å². The summed E-state index contributed by atoms with van der Waals surface area (Å²) < 4.78 is 5.18.